The summed E-state index contributed by atoms with van der Waals surface area (Å²) in [5.41, 5.74) is 6.84. The molecule has 0 radical (unpaired) electrons. The fourth-order valence-electron chi connectivity index (χ4n) is 1.84. The lowest BCUT2D eigenvalue weighted by Gasteiger charge is -2.05. The van der Waals surface area contributed by atoms with Gasteiger partial charge in [-0.2, -0.15) is 0 Å². The second-order valence-electron chi connectivity index (χ2n) is 4.28. The lowest BCUT2D eigenvalue weighted by Crippen LogP contribution is -2.29. The summed E-state index contributed by atoms with van der Waals surface area (Å²) in [5.74, 6) is -0.226. The average molecular weight is 296 g/mol. The maximum atomic E-state index is 12.2. The molecule has 0 saturated carbocycles. The Bertz CT molecular complexity index is 736. The Morgan fingerprint density at radius 2 is 2.15 bits per heavy atom. The third kappa shape index (κ3) is 2.91. The van der Waals surface area contributed by atoms with Crippen molar-refractivity contribution >= 4 is 32.5 Å². The van der Waals surface area contributed by atoms with Crippen LogP contribution in [0.2, 0.25) is 0 Å². The van der Waals surface area contributed by atoms with Gasteiger partial charge >= 0.3 is 0 Å². The van der Waals surface area contributed by atoms with E-state index in [1.807, 2.05) is 0 Å². The molecule has 7 nitrogen and oxygen atoms in total. The molecule has 8 heteroatoms. The number of aromatic nitrogens is 1. The van der Waals surface area contributed by atoms with Crippen LogP contribution in [0.3, 0.4) is 0 Å². The van der Waals surface area contributed by atoms with Crippen LogP contribution in [-0.2, 0) is 14.8 Å². The largest absolute Gasteiger partial charge is 0.399 e. The number of carbonyl (C=O) groups excluding carboxylic acids is 1. The highest BCUT2D eigenvalue weighted by Gasteiger charge is 2.18. The Labute approximate surface area is 116 Å². The smallest absolute Gasteiger partial charge is 0.242 e. The number of hydrogen-bond acceptors (Lipinski definition) is 4. The Hall–Kier alpha value is -2.06. The first-order chi connectivity index (χ1) is 9.44. The highest BCUT2D eigenvalue weighted by atomic mass is 32.2. The number of fused-ring (bicyclic) bond motifs is 1. The first-order valence-electron chi connectivity index (χ1n) is 6.01. The molecular weight excluding hydrogens is 280 g/mol. The minimum absolute atomic E-state index is 0.0387. The molecule has 1 aromatic heterocycles. The predicted molar refractivity (Wildman–Crippen MR) is 76.6 cm³/mol. The number of anilines is 1. The van der Waals surface area contributed by atoms with Crippen LogP contribution in [0.1, 0.15) is 6.42 Å². The van der Waals surface area contributed by atoms with Crippen molar-refractivity contribution in [1.29, 1.82) is 0 Å². The summed E-state index contributed by atoms with van der Waals surface area (Å²) in [6.07, 6.45) is 1.49. The Kier molecular flexibility index (Phi) is 3.96. The van der Waals surface area contributed by atoms with Gasteiger partial charge in [-0.05, 0) is 18.2 Å². The molecule has 0 spiro atoms. The van der Waals surface area contributed by atoms with Crippen molar-refractivity contribution in [2.45, 2.75) is 11.3 Å². The molecule has 108 valence electrons. The van der Waals surface area contributed by atoms with E-state index in [4.69, 9.17) is 5.73 Å². The minimum atomic E-state index is -3.68. The number of carbonyl (C=O) groups is 1. The summed E-state index contributed by atoms with van der Waals surface area (Å²) in [6.45, 7) is 0.0387. The highest BCUT2D eigenvalue weighted by molar-refractivity contribution is 7.89. The molecule has 0 aliphatic heterocycles. The van der Waals surface area contributed by atoms with Crippen molar-refractivity contribution in [1.82, 2.24) is 15.0 Å². The number of nitrogens with one attached hydrogen (secondary N) is 3. The molecular formula is C12H16N4O3S. The van der Waals surface area contributed by atoms with E-state index in [0.717, 1.165) is 0 Å². The van der Waals surface area contributed by atoms with Gasteiger partial charge in [0, 0.05) is 42.8 Å². The van der Waals surface area contributed by atoms with Crippen LogP contribution >= 0.6 is 0 Å². The van der Waals surface area contributed by atoms with E-state index in [9.17, 15) is 13.2 Å². The molecule has 0 saturated heterocycles. The molecule has 0 aliphatic rings. The van der Waals surface area contributed by atoms with E-state index < -0.39 is 10.0 Å². The maximum Gasteiger partial charge on any atom is 0.242 e. The molecule has 20 heavy (non-hydrogen) atoms. The summed E-state index contributed by atoms with van der Waals surface area (Å²) in [5, 5.41) is 2.95. The molecule has 0 atom stereocenters. The molecule has 5 N–H and O–H groups in total. The van der Waals surface area contributed by atoms with E-state index in [1.54, 1.807) is 18.2 Å². The van der Waals surface area contributed by atoms with Crippen molar-refractivity contribution in [2.24, 2.45) is 0 Å². The van der Waals surface area contributed by atoms with Crippen LogP contribution in [0.5, 0.6) is 0 Å². The summed E-state index contributed by atoms with van der Waals surface area (Å²) in [6, 6.07) is 5.00. The fraction of sp³-hybridized carbons (Fsp3) is 0.250. The van der Waals surface area contributed by atoms with E-state index in [-0.39, 0.29) is 23.8 Å². The second kappa shape index (κ2) is 5.51. The van der Waals surface area contributed by atoms with Gasteiger partial charge in [-0.1, -0.05) is 0 Å². The zero-order valence-corrected chi connectivity index (χ0v) is 11.8. The van der Waals surface area contributed by atoms with Gasteiger partial charge in [0.2, 0.25) is 15.9 Å². The van der Waals surface area contributed by atoms with Gasteiger partial charge in [-0.3, -0.25) is 4.79 Å². The Morgan fingerprint density at radius 3 is 2.85 bits per heavy atom. The Morgan fingerprint density at radius 1 is 1.40 bits per heavy atom. The van der Waals surface area contributed by atoms with Crippen molar-refractivity contribution in [2.75, 3.05) is 19.3 Å². The second-order valence-corrected chi connectivity index (χ2v) is 6.01. The molecule has 1 amide bonds. The number of rotatable bonds is 5. The quantitative estimate of drug-likeness (QED) is 0.588. The van der Waals surface area contributed by atoms with Crippen LogP contribution in [0.15, 0.2) is 29.3 Å². The third-order valence-corrected chi connectivity index (χ3v) is 4.38. The first-order valence-corrected chi connectivity index (χ1v) is 7.49. The molecule has 0 fully saturated rings. The molecule has 1 heterocycles. The van der Waals surface area contributed by atoms with Crippen molar-refractivity contribution in [3.05, 3.63) is 24.4 Å². The fourth-order valence-corrected chi connectivity index (χ4v) is 3.04. The number of nitrogen functional groups attached to an aromatic ring is 1. The standard InChI is InChI=1S/C12H16N4O3S/c1-14-12(17)4-5-16-20(18,19)11-7-15-10-3-2-8(13)6-9(10)11/h2-3,6-7,15-16H,4-5,13H2,1H3,(H,14,17). The van der Waals surface area contributed by atoms with E-state index >= 15 is 0 Å². The number of amides is 1. The number of nitrogens with two attached hydrogens (primary N) is 1. The van der Waals surface area contributed by atoms with E-state index in [1.165, 1.54) is 13.2 Å². The topological polar surface area (TPSA) is 117 Å². The summed E-state index contributed by atoms with van der Waals surface area (Å²) in [7, 11) is -2.18. The first kappa shape index (κ1) is 14.4. The lowest BCUT2D eigenvalue weighted by atomic mass is 10.2. The number of hydrogen-bond donors (Lipinski definition) is 4. The monoisotopic (exact) mass is 296 g/mol. The van der Waals surface area contributed by atoms with Crippen LogP contribution < -0.4 is 15.8 Å². The van der Waals surface area contributed by atoms with Gasteiger partial charge in [-0.25, -0.2) is 13.1 Å². The van der Waals surface area contributed by atoms with Crippen LogP contribution in [0, 0.1) is 0 Å². The number of sulfonamides is 1. The molecule has 1 aromatic carbocycles. The van der Waals surface area contributed by atoms with Gasteiger partial charge in [0.25, 0.3) is 0 Å². The minimum Gasteiger partial charge on any atom is -0.399 e. The van der Waals surface area contributed by atoms with Crippen molar-refractivity contribution < 1.29 is 13.2 Å². The van der Waals surface area contributed by atoms with E-state index in [0.29, 0.717) is 16.6 Å². The molecule has 0 bridgehead atoms. The van der Waals surface area contributed by atoms with Crippen LogP contribution in [0.4, 0.5) is 5.69 Å². The van der Waals surface area contributed by atoms with Gasteiger partial charge in [0.15, 0.2) is 0 Å². The van der Waals surface area contributed by atoms with Crippen molar-refractivity contribution in [3.63, 3.8) is 0 Å². The molecule has 2 aromatic rings. The summed E-state index contributed by atoms with van der Waals surface area (Å²) >= 11 is 0. The molecule has 0 unspecified atom stereocenters. The molecule has 0 aliphatic carbocycles. The summed E-state index contributed by atoms with van der Waals surface area (Å²) < 4.78 is 26.8. The predicted octanol–water partition coefficient (Wildman–Crippen LogP) is 0.165. The number of H-pyrrole nitrogens is 1. The average Bonchev–Trinajstić information content (AvgIpc) is 2.81. The zero-order valence-electron chi connectivity index (χ0n) is 10.9. The molecule has 2 rings (SSSR count). The van der Waals surface area contributed by atoms with E-state index in [2.05, 4.69) is 15.0 Å². The lowest BCUT2D eigenvalue weighted by molar-refractivity contribution is -0.120. The Balaban J connectivity index is 2.23. The number of benzene rings is 1. The third-order valence-electron chi connectivity index (χ3n) is 2.88. The SMILES string of the molecule is CNC(=O)CCNS(=O)(=O)c1c[nH]c2ccc(N)cc12. The highest BCUT2D eigenvalue weighted by Crippen LogP contribution is 2.24. The van der Waals surface area contributed by atoms with Crippen LogP contribution in [-0.4, -0.2) is 32.9 Å². The maximum absolute atomic E-state index is 12.2. The van der Waals surface area contributed by atoms with Gasteiger partial charge in [0.1, 0.15) is 4.90 Å². The van der Waals surface area contributed by atoms with Gasteiger partial charge in [-0.15, -0.1) is 0 Å². The zero-order chi connectivity index (χ0) is 14.8. The van der Waals surface area contributed by atoms with Crippen molar-refractivity contribution in [3.8, 4) is 0 Å². The number of aromatic amines is 1. The van der Waals surface area contributed by atoms with Gasteiger partial charge in [0.05, 0.1) is 0 Å². The summed E-state index contributed by atoms with van der Waals surface area (Å²) in [4.78, 5) is 14.1. The van der Waals surface area contributed by atoms with Crippen LogP contribution in [0.25, 0.3) is 10.9 Å². The van der Waals surface area contributed by atoms with Gasteiger partial charge < -0.3 is 16.0 Å². The normalized spacial score (nSPS) is 11.7.